The highest BCUT2D eigenvalue weighted by Gasteiger charge is 2.38. The van der Waals surface area contributed by atoms with Crippen LogP contribution in [0, 0.1) is 0 Å². The van der Waals surface area contributed by atoms with Crippen molar-refractivity contribution in [3.05, 3.63) is 22.4 Å². The lowest BCUT2D eigenvalue weighted by atomic mass is 10.2. The second-order valence-corrected chi connectivity index (χ2v) is 4.89. The van der Waals surface area contributed by atoms with Gasteiger partial charge in [0.15, 0.2) is 0 Å². The molecule has 0 saturated carbocycles. The molecule has 4 nitrogen and oxygen atoms in total. The van der Waals surface area contributed by atoms with Crippen LogP contribution < -0.4 is 5.32 Å². The summed E-state index contributed by atoms with van der Waals surface area (Å²) in [4.78, 5) is 14.0. The summed E-state index contributed by atoms with van der Waals surface area (Å²) in [5, 5.41) is 7.50. The molecule has 1 saturated heterocycles. The van der Waals surface area contributed by atoms with Gasteiger partial charge in [-0.3, -0.25) is 10.1 Å². The Morgan fingerprint density at radius 2 is 2.41 bits per heavy atom. The molecule has 0 spiro atoms. The van der Waals surface area contributed by atoms with E-state index in [9.17, 15) is 4.79 Å². The molecule has 1 N–H and O–H groups in total. The molecule has 1 amide bonds. The van der Waals surface area contributed by atoms with Crippen molar-refractivity contribution in [3.8, 4) is 0 Å². The molecule has 0 aromatic carbocycles. The van der Waals surface area contributed by atoms with Gasteiger partial charge in [0, 0.05) is 13.7 Å². The fraction of sp³-hybridized carbons (Fsp3) is 0.583. The van der Waals surface area contributed by atoms with Crippen LogP contribution in [0.1, 0.15) is 25.1 Å². The zero-order chi connectivity index (χ0) is 12.3. The van der Waals surface area contributed by atoms with Gasteiger partial charge in [0.25, 0.3) is 0 Å². The quantitative estimate of drug-likeness (QED) is 0.868. The summed E-state index contributed by atoms with van der Waals surface area (Å²) in [5.74, 6) is 0.181. The van der Waals surface area contributed by atoms with E-state index in [1.165, 1.54) is 0 Å². The topological polar surface area (TPSA) is 41.6 Å². The van der Waals surface area contributed by atoms with Crippen molar-refractivity contribution in [1.82, 2.24) is 10.2 Å². The van der Waals surface area contributed by atoms with Gasteiger partial charge in [0.05, 0.1) is 12.6 Å². The van der Waals surface area contributed by atoms with Crippen molar-refractivity contribution >= 4 is 17.2 Å². The number of amides is 1. The van der Waals surface area contributed by atoms with Gasteiger partial charge in [0.2, 0.25) is 5.91 Å². The minimum Gasteiger partial charge on any atom is -0.383 e. The van der Waals surface area contributed by atoms with Crippen LogP contribution >= 0.6 is 11.3 Å². The molecular formula is C12H18N2O2S. The minimum absolute atomic E-state index is 0.00819. The Hall–Kier alpha value is -0.910. The number of ether oxygens (including phenoxy) is 1. The molecule has 0 aliphatic carbocycles. The first-order valence-electron chi connectivity index (χ1n) is 5.85. The van der Waals surface area contributed by atoms with E-state index >= 15 is 0 Å². The summed E-state index contributed by atoms with van der Waals surface area (Å²) in [6, 6.07) is 2.00. The number of nitrogens with zero attached hydrogens (tertiary/aromatic N) is 1. The van der Waals surface area contributed by atoms with Crippen LogP contribution in [0.4, 0.5) is 0 Å². The molecule has 2 heterocycles. The number of thiophene rings is 1. The fourth-order valence-electron chi connectivity index (χ4n) is 2.11. The molecule has 94 valence electrons. The van der Waals surface area contributed by atoms with E-state index < -0.39 is 0 Å². The van der Waals surface area contributed by atoms with E-state index in [-0.39, 0.29) is 18.1 Å². The smallest absolute Gasteiger partial charge is 0.241 e. The van der Waals surface area contributed by atoms with Gasteiger partial charge in [-0.25, -0.2) is 0 Å². The Bertz CT molecular complexity index is 367. The molecule has 1 aromatic heterocycles. The highest BCUT2D eigenvalue weighted by Crippen LogP contribution is 2.27. The first-order valence-corrected chi connectivity index (χ1v) is 6.79. The normalized spacial score (nSPS) is 24.6. The lowest BCUT2D eigenvalue weighted by Gasteiger charge is -2.23. The van der Waals surface area contributed by atoms with Gasteiger partial charge < -0.3 is 9.64 Å². The van der Waals surface area contributed by atoms with Gasteiger partial charge in [-0.05, 0) is 28.8 Å². The lowest BCUT2D eigenvalue weighted by molar-refractivity contribution is -0.130. The highest BCUT2D eigenvalue weighted by atomic mass is 32.1. The summed E-state index contributed by atoms with van der Waals surface area (Å²) in [5.41, 5.74) is 1.16. The molecule has 17 heavy (non-hydrogen) atoms. The number of carbonyl (C=O) groups excluding carboxylic acids is 1. The van der Waals surface area contributed by atoms with Crippen LogP contribution in [-0.4, -0.2) is 37.1 Å². The van der Waals surface area contributed by atoms with Crippen LogP contribution in [0.25, 0.3) is 0 Å². The van der Waals surface area contributed by atoms with Crippen molar-refractivity contribution in [1.29, 1.82) is 0 Å². The third kappa shape index (κ3) is 2.51. The Morgan fingerprint density at radius 3 is 3.00 bits per heavy atom. The molecule has 1 aromatic rings. The third-order valence-electron chi connectivity index (χ3n) is 3.06. The Balaban J connectivity index is 2.15. The van der Waals surface area contributed by atoms with E-state index in [0.29, 0.717) is 13.2 Å². The number of rotatable bonds is 5. The molecule has 2 atom stereocenters. The van der Waals surface area contributed by atoms with Gasteiger partial charge in [-0.15, -0.1) is 0 Å². The SMILES string of the molecule is CCC1NC(c2ccsc2)N(CCOC)C1=O. The van der Waals surface area contributed by atoms with E-state index in [1.807, 2.05) is 17.2 Å². The molecule has 0 radical (unpaired) electrons. The first kappa shape index (κ1) is 12.5. The van der Waals surface area contributed by atoms with E-state index in [2.05, 4.69) is 16.8 Å². The van der Waals surface area contributed by atoms with Crippen LogP contribution in [0.5, 0.6) is 0 Å². The predicted molar refractivity (Wildman–Crippen MR) is 67.9 cm³/mol. The molecule has 1 fully saturated rings. The average molecular weight is 254 g/mol. The van der Waals surface area contributed by atoms with Crippen molar-refractivity contribution in [2.24, 2.45) is 0 Å². The monoisotopic (exact) mass is 254 g/mol. The largest absolute Gasteiger partial charge is 0.383 e. The number of hydrogen-bond acceptors (Lipinski definition) is 4. The molecule has 1 aliphatic rings. The third-order valence-corrected chi connectivity index (χ3v) is 3.76. The maximum absolute atomic E-state index is 12.2. The average Bonchev–Trinajstić information content (AvgIpc) is 2.94. The minimum atomic E-state index is -0.0586. The van der Waals surface area contributed by atoms with Crippen LogP contribution in [0.2, 0.25) is 0 Å². The first-order chi connectivity index (χ1) is 8.27. The second kappa shape index (κ2) is 5.62. The Kier molecular flexibility index (Phi) is 4.15. The van der Waals surface area contributed by atoms with Crippen LogP contribution in [-0.2, 0) is 9.53 Å². The summed E-state index contributed by atoms with van der Waals surface area (Å²) in [6.45, 7) is 3.24. The summed E-state index contributed by atoms with van der Waals surface area (Å²) < 4.78 is 5.07. The lowest BCUT2D eigenvalue weighted by Crippen LogP contribution is -2.33. The van der Waals surface area contributed by atoms with Gasteiger partial charge in [0.1, 0.15) is 6.17 Å². The molecule has 0 bridgehead atoms. The molecular weight excluding hydrogens is 236 g/mol. The zero-order valence-electron chi connectivity index (χ0n) is 10.2. The second-order valence-electron chi connectivity index (χ2n) is 4.11. The number of nitrogens with one attached hydrogen (secondary N) is 1. The molecule has 2 unspecified atom stereocenters. The van der Waals surface area contributed by atoms with Crippen molar-refractivity contribution in [2.45, 2.75) is 25.6 Å². The highest BCUT2D eigenvalue weighted by molar-refractivity contribution is 7.07. The molecule has 5 heteroatoms. The number of methoxy groups -OCH3 is 1. The summed E-state index contributed by atoms with van der Waals surface area (Å²) >= 11 is 1.65. The van der Waals surface area contributed by atoms with Crippen molar-refractivity contribution in [2.75, 3.05) is 20.3 Å². The fourth-order valence-corrected chi connectivity index (χ4v) is 2.79. The molecule has 2 rings (SSSR count). The van der Waals surface area contributed by atoms with E-state index in [1.54, 1.807) is 18.4 Å². The zero-order valence-corrected chi connectivity index (χ0v) is 11.0. The van der Waals surface area contributed by atoms with Gasteiger partial charge >= 0.3 is 0 Å². The van der Waals surface area contributed by atoms with Crippen molar-refractivity contribution < 1.29 is 9.53 Å². The standard InChI is InChI=1S/C12H18N2O2S/c1-3-10-12(15)14(5-6-16-2)11(13-10)9-4-7-17-8-9/h4,7-8,10-11,13H,3,5-6H2,1-2H3. The number of hydrogen-bond donors (Lipinski definition) is 1. The van der Waals surface area contributed by atoms with Crippen LogP contribution in [0.15, 0.2) is 16.8 Å². The van der Waals surface area contributed by atoms with Gasteiger partial charge in [-0.2, -0.15) is 11.3 Å². The van der Waals surface area contributed by atoms with Crippen molar-refractivity contribution in [3.63, 3.8) is 0 Å². The Labute approximate surface area is 106 Å². The predicted octanol–water partition coefficient (Wildman–Crippen LogP) is 1.60. The van der Waals surface area contributed by atoms with E-state index in [0.717, 1.165) is 12.0 Å². The number of carbonyl (C=O) groups is 1. The maximum Gasteiger partial charge on any atom is 0.241 e. The van der Waals surface area contributed by atoms with Crippen LogP contribution in [0.3, 0.4) is 0 Å². The van der Waals surface area contributed by atoms with E-state index in [4.69, 9.17) is 4.74 Å². The molecule has 1 aliphatic heterocycles. The summed E-state index contributed by atoms with van der Waals surface area (Å²) in [7, 11) is 1.66. The maximum atomic E-state index is 12.2. The summed E-state index contributed by atoms with van der Waals surface area (Å²) in [6.07, 6.45) is 0.831. The van der Waals surface area contributed by atoms with Gasteiger partial charge in [-0.1, -0.05) is 6.92 Å². The Morgan fingerprint density at radius 1 is 1.59 bits per heavy atom.